The van der Waals surface area contributed by atoms with Crippen LogP contribution in [0.15, 0.2) is 18.2 Å². The monoisotopic (exact) mass is 265 g/mol. The van der Waals surface area contributed by atoms with E-state index in [2.05, 4.69) is 5.32 Å². The normalized spacial score (nSPS) is 11.4. The predicted octanol–water partition coefficient (Wildman–Crippen LogP) is 3.75. The molecule has 94 valence electrons. The predicted molar refractivity (Wildman–Crippen MR) is 60.2 cm³/mol. The lowest BCUT2D eigenvalue weighted by molar-refractivity contribution is -0.137. The lowest BCUT2D eigenvalue weighted by atomic mass is 10.2. The minimum Gasteiger partial charge on any atom is -0.383 e. The van der Waals surface area contributed by atoms with Crippen molar-refractivity contribution in [2.75, 3.05) is 11.9 Å². The molecule has 0 aromatic heterocycles. The van der Waals surface area contributed by atoms with E-state index < -0.39 is 11.7 Å². The molecule has 0 heterocycles. The average Bonchev–Trinajstić information content (AvgIpc) is 2.18. The Labute approximate surface area is 102 Å². The lowest BCUT2D eigenvalue weighted by Gasteiger charge is -2.11. The van der Waals surface area contributed by atoms with Gasteiger partial charge in [-0.15, -0.1) is 0 Å². The molecule has 1 aromatic rings. The summed E-state index contributed by atoms with van der Waals surface area (Å²) in [5, 5.41) is 2.90. The van der Waals surface area contributed by atoms with Crippen LogP contribution < -0.4 is 5.32 Å². The van der Waals surface area contributed by atoms with Crippen molar-refractivity contribution in [3.8, 4) is 0 Å². The molecular formula is C11H11ClF3NO. The van der Waals surface area contributed by atoms with Crippen LogP contribution in [0.25, 0.3) is 0 Å². The van der Waals surface area contributed by atoms with E-state index in [-0.39, 0.29) is 29.5 Å². The fraction of sp³-hybridized carbons (Fsp3) is 0.364. The van der Waals surface area contributed by atoms with Gasteiger partial charge < -0.3 is 5.32 Å². The Morgan fingerprint density at radius 2 is 2.06 bits per heavy atom. The zero-order valence-corrected chi connectivity index (χ0v) is 9.82. The topological polar surface area (TPSA) is 29.1 Å². The molecule has 0 fully saturated rings. The molecule has 0 aliphatic heterocycles. The van der Waals surface area contributed by atoms with Crippen LogP contribution in [0.4, 0.5) is 18.9 Å². The van der Waals surface area contributed by atoms with E-state index >= 15 is 0 Å². The lowest BCUT2D eigenvalue weighted by Crippen LogP contribution is -2.09. The van der Waals surface area contributed by atoms with Crippen molar-refractivity contribution in [2.45, 2.75) is 19.5 Å². The van der Waals surface area contributed by atoms with Crippen molar-refractivity contribution in [2.24, 2.45) is 0 Å². The van der Waals surface area contributed by atoms with E-state index in [9.17, 15) is 18.0 Å². The molecule has 0 aliphatic carbocycles. The van der Waals surface area contributed by atoms with Gasteiger partial charge in [0.1, 0.15) is 5.78 Å². The molecule has 2 nitrogen and oxygen atoms in total. The second kappa shape index (κ2) is 5.40. The summed E-state index contributed by atoms with van der Waals surface area (Å²) in [5.74, 6) is -0.0411. The summed E-state index contributed by atoms with van der Waals surface area (Å²) in [6.07, 6.45) is -4.16. The highest BCUT2D eigenvalue weighted by Gasteiger charge is 2.30. The Hall–Kier alpha value is -1.23. The molecule has 0 amide bonds. The first-order valence-electron chi connectivity index (χ1n) is 4.91. The molecule has 6 heteroatoms. The van der Waals surface area contributed by atoms with E-state index in [0.717, 1.165) is 12.1 Å². The van der Waals surface area contributed by atoms with Gasteiger partial charge in [-0.3, -0.25) is 4.79 Å². The number of hydrogen-bond donors (Lipinski definition) is 1. The van der Waals surface area contributed by atoms with Crippen molar-refractivity contribution < 1.29 is 18.0 Å². The van der Waals surface area contributed by atoms with Gasteiger partial charge in [0.25, 0.3) is 0 Å². The molecule has 0 radical (unpaired) electrons. The largest absolute Gasteiger partial charge is 0.416 e. The number of ketones is 1. The zero-order valence-electron chi connectivity index (χ0n) is 9.07. The second-order valence-electron chi connectivity index (χ2n) is 3.57. The van der Waals surface area contributed by atoms with Gasteiger partial charge in [-0.25, -0.2) is 0 Å². The first-order valence-corrected chi connectivity index (χ1v) is 5.28. The van der Waals surface area contributed by atoms with Crippen LogP contribution in [0.5, 0.6) is 0 Å². The van der Waals surface area contributed by atoms with Crippen LogP contribution in [0, 0.1) is 0 Å². The number of carbonyl (C=O) groups is 1. The minimum atomic E-state index is -4.40. The number of carbonyl (C=O) groups excluding carboxylic acids is 1. The second-order valence-corrected chi connectivity index (χ2v) is 3.98. The molecule has 0 unspecified atom stereocenters. The van der Waals surface area contributed by atoms with E-state index in [1.54, 1.807) is 0 Å². The first kappa shape index (κ1) is 13.8. The highest BCUT2D eigenvalue weighted by atomic mass is 35.5. The van der Waals surface area contributed by atoms with E-state index in [1.807, 2.05) is 0 Å². The smallest absolute Gasteiger partial charge is 0.383 e. The van der Waals surface area contributed by atoms with Gasteiger partial charge in [-0.1, -0.05) is 11.6 Å². The summed E-state index contributed by atoms with van der Waals surface area (Å²) in [6.45, 7) is 1.67. The van der Waals surface area contributed by atoms with Crippen molar-refractivity contribution >= 4 is 23.1 Å². The van der Waals surface area contributed by atoms with Gasteiger partial charge in [0.2, 0.25) is 0 Å². The maximum absolute atomic E-state index is 12.4. The van der Waals surface area contributed by atoms with Crippen molar-refractivity contribution in [3.05, 3.63) is 28.8 Å². The number of halogens is 4. The molecule has 17 heavy (non-hydrogen) atoms. The van der Waals surface area contributed by atoms with Crippen molar-refractivity contribution in [1.82, 2.24) is 0 Å². The van der Waals surface area contributed by atoms with Crippen molar-refractivity contribution in [1.29, 1.82) is 0 Å². The summed E-state index contributed by atoms with van der Waals surface area (Å²) < 4.78 is 37.3. The summed E-state index contributed by atoms with van der Waals surface area (Å²) >= 11 is 5.75. The SMILES string of the molecule is CC(=O)CCNc1cc(C(F)(F)F)ccc1Cl. The molecule has 1 rings (SSSR count). The van der Waals surface area contributed by atoms with Crippen LogP contribution in [0.3, 0.4) is 0 Å². The summed E-state index contributed by atoms with van der Waals surface area (Å²) in [6, 6.07) is 3.03. The number of alkyl halides is 3. The number of rotatable bonds is 4. The molecule has 0 spiro atoms. The number of Topliss-reactive ketones (excluding diaryl/α,β-unsaturated/α-hetero) is 1. The highest BCUT2D eigenvalue weighted by molar-refractivity contribution is 6.33. The Bertz CT molecular complexity index is 418. The molecule has 0 atom stereocenters. The fourth-order valence-electron chi connectivity index (χ4n) is 1.21. The van der Waals surface area contributed by atoms with Crippen LogP contribution in [0.1, 0.15) is 18.9 Å². The van der Waals surface area contributed by atoms with Gasteiger partial charge in [-0.2, -0.15) is 13.2 Å². The molecule has 0 saturated heterocycles. The molecule has 0 saturated carbocycles. The average molecular weight is 266 g/mol. The number of anilines is 1. The molecular weight excluding hydrogens is 255 g/mol. The van der Waals surface area contributed by atoms with Crippen LogP contribution in [-0.4, -0.2) is 12.3 Å². The zero-order chi connectivity index (χ0) is 13.1. The van der Waals surface area contributed by atoms with Gasteiger partial charge in [0.05, 0.1) is 16.3 Å². The van der Waals surface area contributed by atoms with Gasteiger partial charge in [0, 0.05) is 13.0 Å². The quantitative estimate of drug-likeness (QED) is 0.898. The summed E-state index contributed by atoms with van der Waals surface area (Å²) in [5.41, 5.74) is -0.588. The third-order valence-electron chi connectivity index (χ3n) is 2.09. The maximum Gasteiger partial charge on any atom is 0.416 e. The number of nitrogens with one attached hydrogen (secondary N) is 1. The summed E-state index contributed by atoms with van der Waals surface area (Å²) in [4.78, 5) is 10.7. The molecule has 1 aromatic carbocycles. The van der Waals surface area contributed by atoms with Crippen LogP contribution >= 0.6 is 11.6 Å². The van der Waals surface area contributed by atoms with Crippen LogP contribution in [0.2, 0.25) is 5.02 Å². The molecule has 1 N–H and O–H groups in total. The maximum atomic E-state index is 12.4. The van der Waals surface area contributed by atoms with E-state index in [4.69, 9.17) is 11.6 Å². The molecule has 0 aliphatic rings. The van der Waals surface area contributed by atoms with E-state index in [1.165, 1.54) is 13.0 Å². The number of hydrogen-bond acceptors (Lipinski definition) is 2. The first-order chi connectivity index (χ1) is 7.80. The third kappa shape index (κ3) is 4.26. The minimum absolute atomic E-state index is 0.0411. The van der Waals surface area contributed by atoms with Gasteiger partial charge in [-0.05, 0) is 25.1 Å². The molecule has 0 bridgehead atoms. The summed E-state index contributed by atoms with van der Waals surface area (Å²) in [7, 11) is 0. The Kier molecular flexibility index (Phi) is 4.40. The van der Waals surface area contributed by atoms with E-state index in [0.29, 0.717) is 0 Å². The highest BCUT2D eigenvalue weighted by Crippen LogP contribution is 2.33. The van der Waals surface area contributed by atoms with Crippen molar-refractivity contribution in [3.63, 3.8) is 0 Å². The van der Waals surface area contributed by atoms with Gasteiger partial charge in [0.15, 0.2) is 0 Å². The fourth-order valence-corrected chi connectivity index (χ4v) is 1.39. The van der Waals surface area contributed by atoms with Gasteiger partial charge >= 0.3 is 6.18 Å². The third-order valence-corrected chi connectivity index (χ3v) is 2.42. The Balaban J connectivity index is 2.80. The standard InChI is InChI=1S/C11H11ClF3NO/c1-7(17)4-5-16-10-6-8(11(13,14)15)2-3-9(10)12/h2-3,6,16H,4-5H2,1H3. The van der Waals surface area contributed by atoms with Crippen LogP contribution in [-0.2, 0) is 11.0 Å². The Morgan fingerprint density at radius 1 is 1.41 bits per heavy atom. The Morgan fingerprint density at radius 3 is 2.59 bits per heavy atom. The number of benzene rings is 1.